The SMILES string of the molecule is CC1CC(C)(C2(NC(=O)c3ccc(F)cc3)CC2)CC1NC(=O)OCc1ccccc1. The Hall–Kier alpha value is -2.89. The number of amides is 2. The highest BCUT2D eigenvalue weighted by molar-refractivity contribution is 5.95. The number of ether oxygens (including phenoxy) is 1. The molecular weight excluding hydrogens is 395 g/mol. The van der Waals surface area contributed by atoms with Gasteiger partial charge in [0.2, 0.25) is 0 Å². The number of benzene rings is 2. The lowest BCUT2D eigenvalue weighted by Crippen LogP contribution is -2.48. The van der Waals surface area contributed by atoms with Crippen LogP contribution in [0.2, 0.25) is 0 Å². The number of alkyl carbamates (subject to hydrolysis) is 1. The molecule has 2 fully saturated rings. The molecule has 0 aliphatic heterocycles. The first-order chi connectivity index (χ1) is 14.8. The van der Waals surface area contributed by atoms with E-state index in [1.54, 1.807) is 0 Å². The maximum Gasteiger partial charge on any atom is 0.407 e. The maximum absolute atomic E-state index is 13.2. The summed E-state index contributed by atoms with van der Waals surface area (Å²) in [6.45, 7) is 4.56. The van der Waals surface area contributed by atoms with E-state index in [1.807, 2.05) is 30.3 Å². The maximum atomic E-state index is 13.2. The van der Waals surface area contributed by atoms with Crippen LogP contribution in [-0.4, -0.2) is 23.6 Å². The van der Waals surface area contributed by atoms with Gasteiger partial charge in [0, 0.05) is 17.1 Å². The minimum atomic E-state index is -0.412. The zero-order valence-corrected chi connectivity index (χ0v) is 18.0. The lowest BCUT2D eigenvalue weighted by atomic mass is 9.77. The fraction of sp³-hybridized carbons (Fsp3) is 0.440. The van der Waals surface area contributed by atoms with Crippen LogP contribution in [0, 0.1) is 17.2 Å². The van der Waals surface area contributed by atoms with Gasteiger partial charge in [-0.05, 0) is 66.8 Å². The molecule has 2 aromatic rings. The van der Waals surface area contributed by atoms with Gasteiger partial charge >= 0.3 is 6.09 Å². The number of hydrogen-bond acceptors (Lipinski definition) is 3. The van der Waals surface area contributed by atoms with E-state index in [0.717, 1.165) is 31.2 Å². The molecule has 0 radical (unpaired) electrons. The molecule has 3 atom stereocenters. The van der Waals surface area contributed by atoms with Gasteiger partial charge in [-0.1, -0.05) is 44.2 Å². The summed E-state index contributed by atoms with van der Waals surface area (Å²) < 4.78 is 18.6. The van der Waals surface area contributed by atoms with E-state index in [9.17, 15) is 14.0 Å². The Morgan fingerprint density at radius 1 is 1.06 bits per heavy atom. The summed E-state index contributed by atoms with van der Waals surface area (Å²) in [4.78, 5) is 25.1. The van der Waals surface area contributed by atoms with Gasteiger partial charge in [-0.25, -0.2) is 9.18 Å². The minimum absolute atomic E-state index is 0.00604. The van der Waals surface area contributed by atoms with Crippen LogP contribution in [0.3, 0.4) is 0 Å². The molecule has 164 valence electrons. The van der Waals surface area contributed by atoms with Gasteiger partial charge in [0.05, 0.1) is 0 Å². The Morgan fingerprint density at radius 2 is 1.74 bits per heavy atom. The average Bonchev–Trinajstić information content (AvgIpc) is 3.48. The molecule has 5 nitrogen and oxygen atoms in total. The molecule has 2 amide bonds. The topological polar surface area (TPSA) is 67.4 Å². The second-order valence-electron chi connectivity index (χ2n) is 9.30. The predicted molar refractivity (Wildman–Crippen MR) is 116 cm³/mol. The van der Waals surface area contributed by atoms with Crippen LogP contribution < -0.4 is 10.6 Å². The number of carbonyl (C=O) groups excluding carboxylic acids is 2. The highest BCUT2D eigenvalue weighted by Gasteiger charge is 2.61. The van der Waals surface area contributed by atoms with E-state index in [0.29, 0.717) is 5.56 Å². The third-order valence-corrected chi connectivity index (χ3v) is 7.01. The van der Waals surface area contributed by atoms with Crippen LogP contribution in [0.4, 0.5) is 9.18 Å². The summed E-state index contributed by atoms with van der Waals surface area (Å²) in [6.07, 6.45) is 3.09. The van der Waals surface area contributed by atoms with Crippen molar-refractivity contribution in [2.45, 2.75) is 57.7 Å². The molecule has 0 bridgehead atoms. The van der Waals surface area contributed by atoms with Crippen molar-refractivity contribution in [3.63, 3.8) is 0 Å². The largest absolute Gasteiger partial charge is 0.445 e. The number of rotatable bonds is 6. The fourth-order valence-electron chi connectivity index (χ4n) is 5.02. The number of hydrogen-bond donors (Lipinski definition) is 2. The first kappa shape index (κ1) is 21.3. The molecule has 0 aromatic heterocycles. The lowest BCUT2D eigenvalue weighted by Gasteiger charge is -2.36. The first-order valence-corrected chi connectivity index (χ1v) is 10.9. The summed E-state index contributed by atoms with van der Waals surface area (Å²) in [5.74, 6) is -0.262. The van der Waals surface area contributed by atoms with E-state index >= 15 is 0 Å². The molecule has 0 heterocycles. The monoisotopic (exact) mass is 424 g/mol. The quantitative estimate of drug-likeness (QED) is 0.699. The molecule has 2 aliphatic rings. The molecule has 0 saturated heterocycles. The third kappa shape index (κ3) is 4.58. The van der Waals surface area contributed by atoms with Gasteiger partial charge in [0.25, 0.3) is 5.91 Å². The molecule has 2 N–H and O–H groups in total. The van der Waals surface area contributed by atoms with Crippen LogP contribution >= 0.6 is 0 Å². The molecule has 3 unspecified atom stereocenters. The second-order valence-corrected chi connectivity index (χ2v) is 9.30. The van der Waals surface area contributed by atoms with Crippen LogP contribution in [0.5, 0.6) is 0 Å². The van der Waals surface area contributed by atoms with E-state index in [-0.39, 0.29) is 41.2 Å². The van der Waals surface area contributed by atoms with Crippen molar-refractivity contribution < 1.29 is 18.7 Å². The van der Waals surface area contributed by atoms with E-state index in [1.165, 1.54) is 24.3 Å². The molecule has 2 aromatic carbocycles. The van der Waals surface area contributed by atoms with Crippen molar-refractivity contribution in [2.75, 3.05) is 0 Å². The fourth-order valence-corrected chi connectivity index (χ4v) is 5.02. The summed E-state index contributed by atoms with van der Waals surface area (Å²) >= 11 is 0. The molecule has 0 spiro atoms. The van der Waals surface area contributed by atoms with Gasteiger partial charge < -0.3 is 15.4 Å². The standard InChI is InChI=1S/C25H29FN2O3/c1-17-14-24(2,15-21(17)27-23(30)31-16-18-6-4-3-5-7-18)25(12-13-25)28-22(29)19-8-10-20(26)11-9-19/h3-11,17,21H,12-16H2,1-2H3,(H,27,30)(H,28,29). The van der Waals surface area contributed by atoms with Crippen LogP contribution in [0.15, 0.2) is 54.6 Å². The zero-order valence-electron chi connectivity index (χ0n) is 18.0. The summed E-state index contributed by atoms with van der Waals surface area (Å²) in [6, 6.07) is 15.2. The smallest absolute Gasteiger partial charge is 0.407 e. The number of carbonyl (C=O) groups is 2. The highest BCUT2D eigenvalue weighted by Crippen LogP contribution is 2.59. The minimum Gasteiger partial charge on any atom is -0.445 e. The van der Waals surface area contributed by atoms with Crippen LogP contribution in [0.25, 0.3) is 0 Å². The first-order valence-electron chi connectivity index (χ1n) is 10.9. The van der Waals surface area contributed by atoms with Crippen molar-refractivity contribution in [1.29, 1.82) is 0 Å². The molecule has 2 saturated carbocycles. The zero-order chi connectivity index (χ0) is 22.1. The van der Waals surface area contributed by atoms with E-state index < -0.39 is 6.09 Å². The van der Waals surface area contributed by atoms with Gasteiger partial charge in [0.1, 0.15) is 12.4 Å². The van der Waals surface area contributed by atoms with Crippen molar-refractivity contribution in [3.05, 3.63) is 71.5 Å². The Labute approximate surface area is 182 Å². The van der Waals surface area contributed by atoms with Gasteiger partial charge in [-0.15, -0.1) is 0 Å². The predicted octanol–water partition coefficient (Wildman–Crippen LogP) is 4.82. The Balaban J connectivity index is 1.35. The summed E-state index contributed by atoms with van der Waals surface area (Å²) in [5, 5.41) is 6.25. The van der Waals surface area contributed by atoms with Crippen molar-refractivity contribution in [3.8, 4) is 0 Å². The van der Waals surface area contributed by atoms with E-state index in [2.05, 4.69) is 24.5 Å². The van der Waals surface area contributed by atoms with Gasteiger partial charge in [0.15, 0.2) is 0 Å². The van der Waals surface area contributed by atoms with Crippen LogP contribution in [0.1, 0.15) is 55.5 Å². The average molecular weight is 425 g/mol. The molecule has 2 aliphatic carbocycles. The number of nitrogens with one attached hydrogen (secondary N) is 2. The Bertz CT molecular complexity index is 943. The molecule has 4 rings (SSSR count). The molecule has 31 heavy (non-hydrogen) atoms. The van der Waals surface area contributed by atoms with Crippen molar-refractivity contribution in [1.82, 2.24) is 10.6 Å². The van der Waals surface area contributed by atoms with Gasteiger partial charge in [-0.2, -0.15) is 0 Å². The molecule has 6 heteroatoms. The van der Waals surface area contributed by atoms with E-state index in [4.69, 9.17) is 4.74 Å². The number of halogens is 1. The third-order valence-electron chi connectivity index (χ3n) is 7.01. The van der Waals surface area contributed by atoms with Crippen molar-refractivity contribution >= 4 is 12.0 Å². The second kappa shape index (κ2) is 8.33. The van der Waals surface area contributed by atoms with Crippen LogP contribution in [-0.2, 0) is 11.3 Å². The summed E-state index contributed by atoms with van der Waals surface area (Å²) in [5.41, 5.74) is 1.00. The summed E-state index contributed by atoms with van der Waals surface area (Å²) in [7, 11) is 0. The lowest BCUT2D eigenvalue weighted by molar-refractivity contribution is 0.0862. The normalized spacial score (nSPS) is 26.2. The van der Waals surface area contributed by atoms with Gasteiger partial charge in [-0.3, -0.25) is 4.79 Å². The Morgan fingerprint density at radius 3 is 2.39 bits per heavy atom. The highest BCUT2D eigenvalue weighted by atomic mass is 19.1. The Kier molecular flexibility index (Phi) is 5.73. The molecular formula is C25H29FN2O3. The van der Waals surface area contributed by atoms with Crippen molar-refractivity contribution in [2.24, 2.45) is 11.3 Å².